The van der Waals surface area contributed by atoms with E-state index in [4.69, 9.17) is 37.9 Å². The number of allylic oxidation sites excluding steroid dienone is 2. The quantitative estimate of drug-likeness (QED) is 0.0633. The van der Waals surface area contributed by atoms with Gasteiger partial charge < -0.3 is 104 Å². The number of fused-ring (bicyclic) bond motifs is 7. The molecule has 22 nitrogen and oxygen atoms in total. The molecule has 0 amide bonds. The highest BCUT2D eigenvalue weighted by Crippen LogP contribution is 2.76. The summed E-state index contributed by atoms with van der Waals surface area (Å²) in [5.74, 6) is -0.310. The van der Waals surface area contributed by atoms with E-state index < -0.39 is 153 Å². The van der Waals surface area contributed by atoms with Gasteiger partial charge in [0.1, 0.15) is 85.5 Å². The molecule has 0 spiro atoms. The second-order valence-corrected chi connectivity index (χ2v) is 25.1. The molecule has 0 aromatic carbocycles. The molecule has 9 aliphatic rings. The number of rotatable bonds is 11. The van der Waals surface area contributed by atoms with Crippen molar-refractivity contribution in [3.63, 3.8) is 0 Å². The molecule has 4 aliphatic heterocycles. The molecule has 0 aromatic heterocycles. The molecule has 9 rings (SSSR count). The summed E-state index contributed by atoms with van der Waals surface area (Å²) in [4.78, 5) is 15.2. The summed E-state index contributed by atoms with van der Waals surface area (Å²) in [6.45, 7) is 13.2. The summed E-state index contributed by atoms with van der Waals surface area (Å²) in [5, 5.41) is 139. The van der Waals surface area contributed by atoms with Crippen LogP contribution in [-0.4, -0.2) is 222 Å². The number of esters is 1. The van der Waals surface area contributed by atoms with Crippen molar-refractivity contribution < 1.29 is 109 Å². The Hall–Kier alpha value is -1.59. The van der Waals surface area contributed by atoms with Crippen molar-refractivity contribution in [2.75, 3.05) is 26.4 Å². The molecule has 4 heterocycles. The van der Waals surface area contributed by atoms with Crippen LogP contribution in [0, 0.1) is 56.7 Å². The lowest BCUT2D eigenvalue weighted by Crippen LogP contribution is -2.67. The lowest BCUT2D eigenvalue weighted by atomic mass is 9.33. The van der Waals surface area contributed by atoms with Crippen molar-refractivity contribution in [1.82, 2.24) is 0 Å². The zero-order valence-electron chi connectivity index (χ0n) is 44.2. The van der Waals surface area contributed by atoms with E-state index in [1.807, 2.05) is 6.92 Å². The number of hydrogen-bond acceptors (Lipinski definition) is 22. The number of ether oxygens (including phenoxy) is 8. The molecule has 30 unspecified atom stereocenters. The van der Waals surface area contributed by atoms with Crippen LogP contribution in [-0.2, 0) is 42.7 Å². The minimum absolute atomic E-state index is 0.0319. The number of aliphatic hydroxyl groups excluding tert-OH is 13. The van der Waals surface area contributed by atoms with E-state index in [9.17, 15) is 66.4 Å². The first-order valence-corrected chi connectivity index (χ1v) is 27.4. The zero-order valence-corrected chi connectivity index (χ0v) is 44.2. The molecule has 4 saturated carbocycles. The Labute approximate surface area is 437 Å². The second kappa shape index (κ2) is 21.4. The molecular weight excluding hydrogens is 989 g/mol. The Morgan fingerprint density at radius 2 is 1.29 bits per heavy atom. The molecule has 8 fully saturated rings. The first kappa shape index (κ1) is 58.1. The van der Waals surface area contributed by atoms with Gasteiger partial charge in [-0.3, -0.25) is 4.79 Å². The molecule has 13 N–H and O–H groups in total. The van der Waals surface area contributed by atoms with Gasteiger partial charge in [0, 0.05) is 5.41 Å². The van der Waals surface area contributed by atoms with E-state index in [0.717, 1.165) is 32.1 Å². The maximum atomic E-state index is 15.2. The molecule has 30 atom stereocenters. The topological polar surface area (TPSA) is 354 Å². The number of aliphatic hydroxyl groups is 13. The predicted octanol–water partition coefficient (Wildman–Crippen LogP) is -1.54. The molecule has 0 aromatic rings. The lowest BCUT2D eigenvalue weighted by Gasteiger charge is -2.71. The summed E-state index contributed by atoms with van der Waals surface area (Å²) in [7, 11) is 0. The van der Waals surface area contributed by atoms with Crippen LogP contribution in [0.1, 0.15) is 106 Å². The molecule has 430 valence electrons. The van der Waals surface area contributed by atoms with Crippen LogP contribution in [0.25, 0.3) is 0 Å². The maximum Gasteiger partial charge on any atom is 0.315 e. The van der Waals surface area contributed by atoms with Crippen LogP contribution in [0.15, 0.2) is 11.6 Å². The Morgan fingerprint density at radius 3 is 1.99 bits per heavy atom. The van der Waals surface area contributed by atoms with Gasteiger partial charge in [0.15, 0.2) is 18.9 Å². The fourth-order valence-electron chi connectivity index (χ4n) is 16.3. The van der Waals surface area contributed by atoms with Gasteiger partial charge in [0.2, 0.25) is 6.29 Å². The molecule has 0 bridgehead atoms. The predicted molar refractivity (Wildman–Crippen MR) is 257 cm³/mol. The molecule has 4 saturated heterocycles. The average Bonchev–Trinajstić information content (AvgIpc) is 3.45. The third-order valence-corrected chi connectivity index (χ3v) is 21.5. The van der Waals surface area contributed by atoms with E-state index in [1.165, 1.54) is 12.5 Å². The van der Waals surface area contributed by atoms with Gasteiger partial charge in [-0.2, -0.15) is 0 Å². The Morgan fingerprint density at radius 1 is 0.640 bits per heavy atom. The van der Waals surface area contributed by atoms with Crippen LogP contribution in [0.3, 0.4) is 0 Å². The lowest BCUT2D eigenvalue weighted by molar-refractivity contribution is -0.361. The second-order valence-electron chi connectivity index (χ2n) is 25.1. The monoisotopic (exact) mass is 1070 g/mol. The average molecular weight is 1080 g/mol. The minimum atomic E-state index is -1.87. The van der Waals surface area contributed by atoms with Gasteiger partial charge >= 0.3 is 5.97 Å². The third kappa shape index (κ3) is 9.31. The van der Waals surface area contributed by atoms with Crippen molar-refractivity contribution in [1.29, 1.82) is 0 Å². The summed E-state index contributed by atoms with van der Waals surface area (Å²) in [6, 6.07) is 0. The van der Waals surface area contributed by atoms with Crippen LogP contribution in [0.5, 0.6) is 0 Å². The Balaban J connectivity index is 0.900. The number of hydrogen-bond donors (Lipinski definition) is 13. The van der Waals surface area contributed by atoms with Gasteiger partial charge in [0.05, 0.1) is 44.1 Å². The Kier molecular flexibility index (Phi) is 16.6. The van der Waals surface area contributed by atoms with Crippen LogP contribution in [0.2, 0.25) is 0 Å². The highest BCUT2D eigenvalue weighted by atomic mass is 16.8. The summed E-state index contributed by atoms with van der Waals surface area (Å²) in [5.41, 5.74) is -1.33. The van der Waals surface area contributed by atoms with Gasteiger partial charge in [-0.25, -0.2) is 0 Å². The van der Waals surface area contributed by atoms with Gasteiger partial charge in [0.25, 0.3) is 0 Å². The highest BCUT2D eigenvalue weighted by Gasteiger charge is 2.71. The smallest absolute Gasteiger partial charge is 0.315 e. The van der Waals surface area contributed by atoms with Crippen LogP contribution >= 0.6 is 0 Å². The molecule has 22 heteroatoms. The van der Waals surface area contributed by atoms with E-state index in [1.54, 1.807) is 0 Å². The first-order chi connectivity index (χ1) is 35.2. The summed E-state index contributed by atoms with van der Waals surface area (Å²) >= 11 is 0. The fraction of sp³-hybridized carbons (Fsp3) is 0.943. The van der Waals surface area contributed by atoms with Crippen molar-refractivity contribution in [3.8, 4) is 0 Å². The van der Waals surface area contributed by atoms with Crippen LogP contribution in [0.4, 0.5) is 0 Å². The summed E-state index contributed by atoms with van der Waals surface area (Å²) in [6.07, 6.45) is -21.8. The van der Waals surface area contributed by atoms with Crippen molar-refractivity contribution in [2.24, 2.45) is 56.7 Å². The molecule has 0 radical (unpaired) electrons. The van der Waals surface area contributed by atoms with E-state index in [2.05, 4.69) is 40.7 Å². The van der Waals surface area contributed by atoms with E-state index >= 15 is 4.79 Å². The number of carbonyl (C=O) groups is 1. The van der Waals surface area contributed by atoms with Crippen molar-refractivity contribution in [3.05, 3.63) is 11.6 Å². The fourth-order valence-corrected chi connectivity index (χ4v) is 16.3. The van der Waals surface area contributed by atoms with Crippen molar-refractivity contribution >= 4 is 5.97 Å². The zero-order chi connectivity index (χ0) is 54.6. The molecule has 75 heavy (non-hydrogen) atoms. The van der Waals surface area contributed by atoms with Gasteiger partial charge in [-0.1, -0.05) is 53.2 Å². The first-order valence-electron chi connectivity index (χ1n) is 27.4. The number of carbonyl (C=O) groups excluding carboxylic acids is 1. The van der Waals surface area contributed by atoms with Crippen LogP contribution < -0.4 is 0 Å². The molecule has 5 aliphatic carbocycles. The highest BCUT2D eigenvalue weighted by molar-refractivity contribution is 5.79. The van der Waals surface area contributed by atoms with Gasteiger partial charge in [-0.15, -0.1) is 0 Å². The van der Waals surface area contributed by atoms with E-state index in [-0.39, 0.29) is 59.0 Å². The minimum Gasteiger partial charge on any atom is -0.432 e. The van der Waals surface area contributed by atoms with E-state index in [0.29, 0.717) is 25.7 Å². The largest absolute Gasteiger partial charge is 0.432 e. The maximum absolute atomic E-state index is 15.2. The normalized spacial score (nSPS) is 56.1. The summed E-state index contributed by atoms with van der Waals surface area (Å²) < 4.78 is 47.0. The Bertz CT molecular complexity index is 2050. The SMILES string of the molecule is CC1CCC2(C(=O)OC3OC(COC4OC(CO)C(OC5OC(C)C(O)C(O)C5O)C(O)C4O)C(O)C(O)C3O)CCC3(C)C(=CCC4C5(C)CCC(OC6OCC(O)C(O)C6O)C(C)(CO)C5CCC43C)C2C1C. The third-order valence-electron chi connectivity index (χ3n) is 21.5. The standard InChI is InChI=1S/C53H86O22/c1-22-10-15-53(48(67)75-47-41(65)37(61)35(59)28(72-47)20-69-44-42(66)38(62)43(27(18-54)71-44)74-46-40(64)36(60)33(57)24(3)70-46)17-16-51(6)25(32(53)23(22)2)8-9-30-49(4)13-12-31(73-45-39(63)34(58)26(56)19-68-45)50(5,21-55)29(49)11-14-52(30,51)7/h8,22-24,26-47,54-66H,9-21H2,1-7H3. The molecular formula is C53H86O22. The van der Waals surface area contributed by atoms with Gasteiger partial charge in [-0.05, 0) is 111 Å². The van der Waals surface area contributed by atoms with Crippen molar-refractivity contribution in [2.45, 2.75) is 229 Å².